The minimum atomic E-state index is -0.774. The maximum absolute atomic E-state index is 13.6. The van der Waals surface area contributed by atoms with E-state index in [4.69, 9.17) is 4.74 Å². The van der Waals surface area contributed by atoms with Crippen LogP contribution in [0.15, 0.2) is 48.5 Å². The third-order valence-electron chi connectivity index (χ3n) is 6.08. The molecule has 7 heteroatoms. The number of hydrogen-bond acceptors (Lipinski definition) is 4. The fraction of sp³-hybridized carbons (Fsp3) is 0.375. The first-order chi connectivity index (χ1) is 15.0. The molecule has 1 aliphatic carbocycles. The first-order valence-corrected chi connectivity index (χ1v) is 11.7. The summed E-state index contributed by atoms with van der Waals surface area (Å²) in [6.45, 7) is 0. The van der Waals surface area contributed by atoms with Crippen LogP contribution in [0.4, 0.5) is 5.69 Å². The number of rotatable bonds is 5. The van der Waals surface area contributed by atoms with Crippen LogP contribution in [-0.4, -0.2) is 41.8 Å². The van der Waals surface area contributed by atoms with Crippen molar-refractivity contribution < 1.29 is 19.1 Å². The van der Waals surface area contributed by atoms with Crippen LogP contribution in [-0.2, 0) is 9.59 Å². The van der Waals surface area contributed by atoms with Crippen molar-refractivity contribution in [2.75, 3.05) is 12.0 Å². The molecule has 0 spiro atoms. The van der Waals surface area contributed by atoms with Crippen molar-refractivity contribution in [3.05, 3.63) is 57.7 Å². The van der Waals surface area contributed by atoms with E-state index in [1.165, 1.54) is 4.90 Å². The predicted molar refractivity (Wildman–Crippen MR) is 126 cm³/mol. The molecule has 31 heavy (non-hydrogen) atoms. The average molecular weight is 532 g/mol. The Morgan fingerprint density at radius 3 is 2.26 bits per heavy atom. The van der Waals surface area contributed by atoms with Gasteiger partial charge in [0.25, 0.3) is 11.8 Å². The normalized spacial score (nSPS) is 19.5. The van der Waals surface area contributed by atoms with Crippen molar-refractivity contribution in [2.45, 2.75) is 50.6 Å². The highest BCUT2D eigenvalue weighted by atomic mass is 127. The summed E-state index contributed by atoms with van der Waals surface area (Å²) in [5, 5.41) is 0. The summed E-state index contributed by atoms with van der Waals surface area (Å²) in [4.78, 5) is 42.8. The number of ether oxygens (including phenoxy) is 1. The summed E-state index contributed by atoms with van der Waals surface area (Å²) < 4.78 is 6.22. The number of nitrogens with zero attached hydrogens (tertiary/aromatic N) is 2. The van der Waals surface area contributed by atoms with Gasteiger partial charge in [0, 0.05) is 15.2 Å². The number of hydrogen-bond donors (Lipinski definition) is 0. The standard InChI is InChI=1S/C24H25IN2O4/c1-31-20-13-7-16(8-14-20)23(29)26(18-5-3-2-4-6-18)21-15-22(28)27(24(21)30)19-11-9-17(25)10-12-19/h7-14,18,21H,2-6,15H2,1H3. The molecule has 2 fully saturated rings. The molecule has 2 aliphatic rings. The molecule has 4 rings (SSSR count). The quantitative estimate of drug-likeness (QED) is 0.423. The minimum absolute atomic E-state index is 0.0171. The van der Waals surface area contributed by atoms with Gasteiger partial charge in [0.15, 0.2) is 0 Å². The molecule has 1 unspecified atom stereocenters. The topological polar surface area (TPSA) is 66.9 Å². The number of carbonyl (C=O) groups excluding carboxylic acids is 3. The average Bonchev–Trinajstić information content (AvgIpc) is 3.09. The number of methoxy groups -OCH3 is 1. The molecular weight excluding hydrogens is 507 g/mol. The Morgan fingerprint density at radius 2 is 1.65 bits per heavy atom. The zero-order valence-electron chi connectivity index (χ0n) is 17.4. The third-order valence-corrected chi connectivity index (χ3v) is 6.80. The molecule has 1 saturated heterocycles. The molecule has 0 bridgehead atoms. The van der Waals surface area contributed by atoms with E-state index in [0.717, 1.165) is 35.7 Å². The van der Waals surface area contributed by atoms with Crippen LogP contribution in [0.2, 0.25) is 0 Å². The molecule has 3 amide bonds. The van der Waals surface area contributed by atoms with Crippen molar-refractivity contribution in [1.82, 2.24) is 4.90 Å². The van der Waals surface area contributed by atoms with Gasteiger partial charge in [0.2, 0.25) is 5.91 Å². The second kappa shape index (κ2) is 9.38. The van der Waals surface area contributed by atoms with E-state index in [0.29, 0.717) is 17.0 Å². The van der Waals surface area contributed by atoms with Gasteiger partial charge in [-0.1, -0.05) is 19.3 Å². The van der Waals surface area contributed by atoms with Gasteiger partial charge in [0.05, 0.1) is 19.2 Å². The fourth-order valence-corrected chi connectivity index (χ4v) is 4.86. The lowest BCUT2D eigenvalue weighted by molar-refractivity contribution is -0.123. The Labute approximate surface area is 195 Å². The molecule has 1 aliphatic heterocycles. The van der Waals surface area contributed by atoms with Gasteiger partial charge in [0.1, 0.15) is 11.8 Å². The molecule has 162 valence electrons. The smallest absolute Gasteiger partial charge is 0.257 e. The number of benzene rings is 2. The van der Waals surface area contributed by atoms with E-state index in [1.54, 1.807) is 48.4 Å². The van der Waals surface area contributed by atoms with E-state index in [2.05, 4.69) is 22.6 Å². The van der Waals surface area contributed by atoms with E-state index >= 15 is 0 Å². The van der Waals surface area contributed by atoms with Crippen molar-refractivity contribution in [3.8, 4) is 5.75 Å². The Kier molecular flexibility index (Phi) is 6.60. The van der Waals surface area contributed by atoms with Crippen molar-refractivity contribution in [1.29, 1.82) is 0 Å². The lowest BCUT2D eigenvalue weighted by atomic mass is 9.92. The summed E-state index contributed by atoms with van der Waals surface area (Å²) in [5.74, 6) is -0.124. The number of amides is 3. The van der Waals surface area contributed by atoms with Crippen LogP contribution < -0.4 is 9.64 Å². The molecular formula is C24H25IN2O4. The highest BCUT2D eigenvalue weighted by Crippen LogP contribution is 2.32. The summed E-state index contributed by atoms with van der Waals surface area (Å²) in [7, 11) is 1.58. The molecule has 0 aromatic heterocycles. The van der Waals surface area contributed by atoms with Crippen LogP contribution in [0, 0.1) is 3.57 Å². The molecule has 1 saturated carbocycles. The Hall–Kier alpha value is -2.42. The highest BCUT2D eigenvalue weighted by molar-refractivity contribution is 14.1. The predicted octanol–water partition coefficient (Wildman–Crippen LogP) is 4.41. The van der Waals surface area contributed by atoms with Crippen molar-refractivity contribution in [2.24, 2.45) is 0 Å². The number of halogens is 1. The van der Waals surface area contributed by atoms with Crippen LogP contribution in [0.1, 0.15) is 48.9 Å². The molecule has 2 aromatic carbocycles. The summed E-state index contributed by atoms with van der Waals surface area (Å²) in [6.07, 6.45) is 4.89. The number of carbonyl (C=O) groups is 3. The van der Waals surface area contributed by atoms with E-state index < -0.39 is 6.04 Å². The zero-order chi connectivity index (χ0) is 22.0. The van der Waals surface area contributed by atoms with Crippen LogP contribution >= 0.6 is 22.6 Å². The van der Waals surface area contributed by atoms with Gasteiger partial charge in [-0.05, 0) is 84.0 Å². The molecule has 1 heterocycles. The van der Waals surface area contributed by atoms with Gasteiger partial charge in [-0.25, -0.2) is 4.90 Å². The van der Waals surface area contributed by atoms with Gasteiger partial charge in [-0.15, -0.1) is 0 Å². The SMILES string of the molecule is COc1ccc(C(=O)N(C2CCCCC2)C2CC(=O)N(c3ccc(I)cc3)C2=O)cc1. The van der Waals surface area contributed by atoms with Crippen LogP contribution in [0.5, 0.6) is 5.75 Å². The molecule has 6 nitrogen and oxygen atoms in total. The Bertz CT molecular complexity index is 968. The zero-order valence-corrected chi connectivity index (χ0v) is 19.6. The van der Waals surface area contributed by atoms with E-state index in [1.807, 2.05) is 12.1 Å². The lowest BCUT2D eigenvalue weighted by Gasteiger charge is -2.37. The number of anilines is 1. The van der Waals surface area contributed by atoms with Gasteiger partial charge in [-0.3, -0.25) is 14.4 Å². The number of imide groups is 1. The van der Waals surface area contributed by atoms with E-state index in [-0.39, 0.29) is 30.2 Å². The van der Waals surface area contributed by atoms with E-state index in [9.17, 15) is 14.4 Å². The van der Waals surface area contributed by atoms with Gasteiger partial charge in [-0.2, -0.15) is 0 Å². The van der Waals surface area contributed by atoms with Gasteiger partial charge < -0.3 is 9.64 Å². The Morgan fingerprint density at radius 1 is 1.00 bits per heavy atom. The maximum Gasteiger partial charge on any atom is 0.257 e. The largest absolute Gasteiger partial charge is 0.497 e. The maximum atomic E-state index is 13.6. The molecule has 0 N–H and O–H groups in total. The summed E-state index contributed by atoms with van der Waals surface area (Å²) in [6, 6.07) is 13.4. The molecule has 1 atom stereocenters. The first kappa shape index (κ1) is 21.8. The van der Waals surface area contributed by atoms with Gasteiger partial charge >= 0.3 is 0 Å². The van der Waals surface area contributed by atoms with Crippen molar-refractivity contribution in [3.63, 3.8) is 0 Å². The summed E-state index contributed by atoms with van der Waals surface area (Å²) >= 11 is 2.18. The fourth-order valence-electron chi connectivity index (χ4n) is 4.50. The molecule has 0 radical (unpaired) electrons. The minimum Gasteiger partial charge on any atom is -0.497 e. The molecule has 2 aromatic rings. The lowest BCUT2D eigenvalue weighted by Crippen LogP contribution is -2.51. The highest BCUT2D eigenvalue weighted by Gasteiger charge is 2.46. The van der Waals surface area contributed by atoms with Crippen molar-refractivity contribution >= 4 is 46.0 Å². The monoisotopic (exact) mass is 532 g/mol. The third kappa shape index (κ3) is 4.46. The first-order valence-electron chi connectivity index (χ1n) is 10.6. The van der Waals surface area contributed by atoms with Crippen LogP contribution in [0.3, 0.4) is 0 Å². The second-order valence-electron chi connectivity index (χ2n) is 8.00. The van der Waals surface area contributed by atoms with Crippen LogP contribution in [0.25, 0.3) is 0 Å². The second-order valence-corrected chi connectivity index (χ2v) is 9.24. The Balaban J connectivity index is 1.66. The summed E-state index contributed by atoms with van der Waals surface area (Å²) in [5.41, 5.74) is 1.05.